The van der Waals surface area contributed by atoms with Crippen LogP contribution in [0.5, 0.6) is 0 Å². The molecule has 0 aliphatic carbocycles. The van der Waals surface area contributed by atoms with Gasteiger partial charge >= 0.3 is 0 Å². The van der Waals surface area contributed by atoms with E-state index >= 15 is 0 Å². The Morgan fingerprint density at radius 1 is 1.47 bits per heavy atom. The molecule has 2 rings (SSSR count). The summed E-state index contributed by atoms with van der Waals surface area (Å²) in [7, 11) is 1.92. The average Bonchev–Trinajstić information content (AvgIpc) is 2.73. The highest BCUT2D eigenvalue weighted by molar-refractivity contribution is 6.00. The van der Waals surface area contributed by atoms with Crippen LogP contribution < -0.4 is 5.32 Å². The topological polar surface area (TPSA) is 34.0 Å². The van der Waals surface area contributed by atoms with Crippen LogP contribution in [0.15, 0.2) is 30.8 Å². The minimum absolute atomic E-state index is 0.0255. The molecule has 0 saturated carbocycles. The lowest BCUT2D eigenvalue weighted by atomic mass is 10.1. The standard InChI is InChI=1S/C16H20N2O/c1-5-12-7-6-8-13-9-14(18(4)15(12)13)16(19)17-10-11(2)3/h5-9,11H,1,10H2,2-4H3,(H,17,19). The molecule has 1 aromatic heterocycles. The molecule has 0 spiro atoms. The summed E-state index contributed by atoms with van der Waals surface area (Å²) < 4.78 is 1.93. The zero-order valence-corrected chi connectivity index (χ0v) is 11.7. The van der Waals surface area contributed by atoms with Gasteiger partial charge in [-0.2, -0.15) is 0 Å². The van der Waals surface area contributed by atoms with Crippen LogP contribution in [0.2, 0.25) is 0 Å². The molecule has 3 nitrogen and oxygen atoms in total. The van der Waals surface area contributed by atoms with Crippen molar-refractivity contribution in [3.8, 4) is 0 Å². The van der Waals surface area contributed by atoms with Gasteiger partial charge in [0.1, 0.15) is 5.69 Å². The number of amides is 1. The highest BCUT2D eigenvalue weighted by Gasteiger charge is 2.14. The molecule has 100 valence electrons. The molecule has 2 aromatic rings. The zero-order chi connectivity index (χ0) is 14.0. The number of benzene rings is 1. The van der Waals surface area contributed by atoms with Crippen molar-refractivity contribution in [2.45, 2.75) is 13.8 Å². The number of para-hydroxylation sites is 1. The molecular weight excluding hydrogens is 236 g/mol. The van der Waals surface area contributed by atoms with Gasteiger partial charge in [0.05, 0.1) is 5.52 Å². The molecule has 1 heterocycles. The van der Waals surface area contributed by atoms with E-state index in [9.17, 15) is 4.79 Å². The second kappa shape index (κ2) is 5.31. The van der Waals surface area contributed by atoms with Crippen LogP contribution in [0.25, 0.3) is 17.0 Å². The Kier molecular flexibility index (Phi) is 3.74. The van der Waals surface area contributed by atoms with Gasteiger partial charge in [-0.3, -0.25) is 4.79 Å². The fourth-order valence-electron chi connectivity index (χ4n) is 2.22. The van der Waals surface area contributed by atoms with E-state index in [0.29, 0.717) is 18.2 Å². The van der Waals surface area contributed by atoms with Crippen molar-refractivity contribution in [2.75, 3.05) is 6.54 Å². The smallest absolute Gasteiger partial charge is 0.267 e. The first-order chi connectivity index (χ1) is 9.04. The molecule has 0 bridgehead atoms. The third-order valence-electron chi connectivity index (χ3n) is 3.21. The maximum Gasteiger partial charge on any atom is 0.267 e. The lowest BCUT2D eigenvalue weighted by Gasteiger charge is -2.09. The molecule has 0 fully saturated rings. The Hall–Kier alpha value is -2.03. The quantitative estimate of drug-likeness (QED) is 0.895. The number of rotatable bonds is 4. The Morgan fingerprint density at radius 3 is 2.84 bits per heavy atom. The van der Waals surface area contributed by atoms with Gasteiger partial charge in [-0.05, 0) is 17.5 Å². The number of hydrogen-bond acceptors (Lipinski definition) is 1. The highest BCUT2D eigenvalue weighted by atomic mass is 16.1. The van der Waals surface area contributed by atoms with Crippen molar-refractivity contribution in [2.24, 2.45) is 13.0 Å². The molecule has 1 N–H and O–H groups in total. The lowest BCUT2D eigenvalue weighted by Crippen LogP contribution is -2.28. The average molecular weight is 256 g/mol. The molecule has 0 radical (unpaired) electrons. The number of carbonyl (C=O) groups excluding carboxylic acids is 1. The summed E-state index contributed by atoms with van der Waals surface area (Å²) in [5.41, 5.74) is 2.78. The minimum atomic E-state index is -0.0255. The molecule has 1 amide bonds. The summed E-state index contributed by atoms with van der Waals surface area (Å²) in [6.07, 6.45) is 1.82. The van der Waals surface area contributed by atoms with E-state index in [2.05, 4.69) is 25.7 Å². The Balaban J connectivity index is 2.42. The number of aromatic nitrogens is 1. The summed E-state index contributed by atoms with van der Waals surface area (Å²) in [5, 5.41) is 4.02. The van der Waals surface area contributed by atoms with E-state index in [1.807, 2.05) is 42.0 Å². The predicted octanol–water partition coefficient (Wildman–Crippen LogP) is 3.21. The summed E-state index contributed by atoms with van der Waals surface area (Å²) in [6, 6.07) is 7.93. The largest absolute Gasteiger partial charge is 0.351 e. The van der Waals surface area contributed by atoms with Crippen molar-refractivity contribution in [3.63, 3.8) is 0 Å². The highest BCUT2D eigenvalue weighted by Crippen LogP contribution is 2.23. The van der Waals surface area contributed by atoms with Gasteiger partial charge in [0.25, 0.3) is 5.91 Å². The third-order valence-corrected chi connectivity index (χ3v) is 3.21. The summed E-state index contributed by atoms with van der Waals surface area (Å²) in [5.74, 6) is 0.421. The Labute approximate surface area is 113 Å². The Bertz CT molecular complexity index is 623. The van der Waals surface area contributed by atoms with Crippen LogP contribution in [0.1, 0.15) is 29.9 Å². The van der Waals surface area contributed by atoms with Crippen LogP contribution >= 0.6 is 0 Å². The summed E-state index contributed by atoms with van der Waals surface area (Å²) in [6.45, 7) is 8.67. The fraction of sp³-hybridized carbons (Fsp3) is 0.312. The van der Waals surface area contributed by atoms with E-state index in [4.69, 9.17) is 0 Å². The van der Waals surface area contributed by atoms with Crippen LogP contribution in [-0.2, 0) is 7.05 Å². The number of nitrogens with one attached hydrogen (secondary N) is 1. The van der Waals surface area contributed by atoms with E-state index in [1.165, 1.54) is 0 Å². The van der Waals surface area contributed by atoms with Crippen molar-refractivity contribution >= 4 is 22.9 Å². The Morgan fingerprint density at radius 2 is 2.21 bits per heavy atom. The molecule has 19 heavy (non-hydrogen) atoms. The van der Waals surface area contributed by atoms with Gasteiger partial charge in [-0.15, -0.1) is 0 Å². The van der Waals surface area contributed by atoms with E-state index < -0.39 is 0 Å². The molecule has 1 aromatic carbocycles. The van der Waals surface area contributed by atoms with Gasteiger partial charge < -0.3 is 9.88 Å². The maximum absolute atomic E-state index is 12.2. The van der Waals surface area contributed by atoms with Gasteiger partial charge in [0.2, 0.25) is 0 Å². The number of hydrogen-bond donors (Lipinski definition) is 1. The molecule has 0 unspecified atom stereocenters. The summed E-state index contributed by atoms with van der Waals surface area (Å²) in [4.78, 5) is 12.2. The van der Waals surface area contributed by atoms with Crippen molar-refractivity contribution in [1.82, 2.24) is 9.88 Å². The van der Waals surface area contributed by atoms with Crippen LogP contribution in [0, 0.1) is 5.92 Å². The summed E-state index contributed by atoms with van der Waals surface area (Å²) >= 11 is 0. The normalized spacial score (nSPS) is 10.9. The van der Waals surface area contributed by atoms with Crippen molar-refractivity contribution < 1.29 is 4.79 Å². The maximum atomic E-state index is 12.2. The molecule has 0 atom stereocenters. The van der Waals surface area contributed by atoms with Crippen LogP contribution in [0.3, 0.4) is 0 Å². The molecule has 0 aliphatic rings. The predicted molar refractivity (Wildman–Crippen MR) is 80.2 cm³/mol. The molecule has 0 saturated heterocycles. The lowest BCUT2D eigenvalue weighted by molar-refractivity contribution is 0.0941. The number of carbonyl (C=O) groups is 1. The number of aryl methyl sites for hydroxylation is 1. The third kappa shape index (κ3) is 2.55. The fourth-order valence-corrected chi connectivity index (χ4v) is 2.22. The molecule has 0 aliphatic heterocycles. The molecular formula is C16H20N2O. The minimum Gasteiger partial charge on any atom is -0.351 e. The number of fused-ring (bicyclic) bond motifs is 1. The van der Waals surface area contributed by atoms with E-state index in [0.717, 1.165) is 16.5 Å². The monoisotopic (exact) mass is 256 g/mol. The van der Waals surface area contributed by atoms with Gasteiger partial charge in [0, 0.05) is 19.0 Å². The van der Waals surface area contributed by atoms with E-state index in [-0.39, 0.29) is 5.91 Å². The first kappa shape index (κ1) is 13.4. The van der Waals surface area contributed by atoms with Gasteiger partial charge in [0.15, 0.2) is 0 Å². The van der Waals surface area contributed by atoms with Crippen molar-refractivity contribution in [1.29, 1.82) is 0 Å². The van der Waals surface area contributed by atoms with Crippen LogP contribution in [-0.4, -0.2) is 17.0 Å². The van der Waals surface area contributed by atoms with Gasteiger partial charge in [-0.1, -0.05) is 44.7 Å². The number of nitrogens with zero attached hydrogens (tertiary/aromatic N) is 1. The van der Waals surface area contributed by atoms with E-state index in [1.54, 1.807) is 0 Å². The van der Waals surface area contributed by atoms with Gasteiger partial charge in [-0.25, -0.2) is 0 Å². The van der Waals surface area contributed by atoms with Crippen molar-refractivity contribution in [3.05, 3.63) is 42.1 Å². The SMILES string of the molecule is C=Cc1cccc2cc(C(=O)NCC(C)C)n(C)c12. The zero-order valence-electron chi connectivity index (χ0n) is 11.7. The molecule has 3 heteroatoms. The van der Waals surface area contributed by atoms with Crippen LogP contribution in [0.4, 0.5) is 0 Å². The second-order valence-corrected chi connectivity index (χ2v) is 5.18. The second-order valence-electron chi connectivity index (χ2n) is 5.18. The first-order valence-corrected chi connectivity index (χ1v) is 6.53. The first-order valence-electron chi connectivity index (χ1n) is 6.53.